The number of nitrogens with one attached hydrogen (secondary N) is 1. The van der Waals surface area contributed by atoms with Crippen LogP contribution in [0.1, 0.15) is 36.0 Å². The Morgan fingerprint density at radius 2 is 1.92 bits per heavy atom. The molecule has 0 aliphatic carbocycles. The number of nitrogens with zero attached hydrogens (tertiary/aromatic N) is 2. The Hall–Kier alpha value is -1.76. The molecule has 0 spiro atoms. The Morgan fingerprint density at radius 1 is 1.28 bits per heavy atom. The topological polar surface area (TPSA) is 84.1 Å². The number of rotatable bonds is 9. The summed E-state index contributed by atoms with van der Waals surface area (Å²) >= 11 is 1.66. The second-order valence-electron chi connectivity index (χ2n) is 6.45. The first kappa shape index (κ1) is 19.6. The Kier molecular flexibility index (Phi) is 6.32. The van der Waals surface area contributed by atoms with Crippen molar-refractivity contribution in [1.82, 2.24) is 9.97 Å². The van der Waals surface area contributed by atoms with Gasteiger partial charge in [-0.2, -0.15) is 0 Å². The standard InChI is InChI=1S/C19H28N4OS/c1-6-9-19(24,10-7-2)14(5)21-17-16-12(3)13(4)25-18(16)23-15(22-17)8-11-20/h6-7,14,24H,1-2,8-11,20H2,3-5H3,(H,21,22,23). The summed E-state index contributed by atoms with van der Waals surface area (Å²) in [5.41, 5.74) is 5.89. The Bertz CT molecular complexity index is 758. The maximum Gasteiger partial charge on any atom is 0.139 e. The highest BCUT2D eigenvalue weighted by atomic mass is 32.1. The van der Waals surface area contributed by atoms with Crippen molar-refractivity contribution in [2.24, 2.45) is 5.73 Å². The molecule has 2 heterocycles. The molecule has 1 unspecified atom stereocenters. The van der Waals surface area contributed by atoms with Crippen LogP contribution in [-0.4, -0.2) is 33.3 Å². The molecule has 0 bridgehead atoms. The van der Waals surface area contributed by atoms with Crippen molar-refractivity contribution in [2.45, 2.75) is 51.7 Å². The number of aliphatic hydroxyl groups is 1. The number of aromatic nitrogens is 2. The van der Waals surface area contributed by atoms with E-state index in [9.17, 15) is 5.11 Å². The molecule has 136 valence electrons. The van der Waals surface area contributed by atoms with Crippen LogP contribution in [0.25, 0.3) is 10.2 Å². The number of thiophene rings is 1. The highest BCUT2D eigenvalue weighted by molar-refractivity contribution is 7.18. The van der Waals surface area contributed by atoms with E-state index in [0.717, 1.165) is 21.9 Å². The molecule has 0 saturated carbocycles. The van der Waals surface area contributed by atoms with Crippen LogP contribution >= 0.6 is 11.3 Å². The van der Waals surface area contributed by atoms with Gasteiger partial charge < -0.3 is 16.2 Å². The van der Waals surface area contributed by atoms with E-state index in [1.54, 1.807) is 23.5 Å². The second kappa shape index (κ2) is 8.08. The number of anilines is 1. The summed E-state index contributed by atoms with van der Waals surface area (Å²) < 4.78 is 0. The molecule has 2 aromatic heterocycles. The number of hydrogen-bond donors (Lipinski definition) is 3. The van der Waals surface area contributed by atoms with E-state index in [4.69, 9.17) is 5.73 Å². The van der Waals surface area contributed by atoms with Crippen LogP contribution in [-0.2, 0) is 6.42 Å². The number of nitrogens with two attached hydrogens (primary N) is 1. The summed E-state index contributed by atoms with van der Waals surface area (Å²) in [6, 6.07) is -0.230. The minimum atomic E-state index is -0.965. The third-order valence-electron chi connectivity index (χ3n) is 4.60. The van der Waals surface area contributed by atoms with Crippen molar-refractivity contribution < 1.29 is 5.11 Å². The van der Waals surface area contributed by atoms with E-state index < -0.39 is 5.60 Å². The van der Waals surface area contributed by atoms with E-state index >= 15 is 0 Å². The van der Waals surface area contributed by atoms with Crippen LogP contribution in [0.3, 0.4) is 0 Å². The zero-order valence-electron chi connectivity index (χ0n) is 15.3. The molecule has 0 saturated heterocycles. The lowest BCUT2D eigenvalue weighted by Crippen LogP contribution is -2.44. The molecule has 0 aliphatic heterocycles. The number of fused-ring (bicyclic) bond motifs is 1. The van der Waals surface area contributed by atoms with Gasteiger partial charge in [-0.1, -0.05) is 12.2 Å². The highest BCUT2D eigenvalue weighted by Crippen LogP contribution is 2.34. The molecule has 0 fully saturated rings. The fraction of sp³-hybridized carbons (Fsp3) is 0.474. The Labute approximate surface area is 153 Å². The lowest BCUT2D eigenvalue weighted by atomic mass is 9.88. The van der Waals surface area contributed by atoms with Crippen molar-refractivity contribution in [3.63, 3.8) is 0 Å². The van der Waals surface area contributed by atoms with E-state index in [1.807, 2.05) is 6.92 Å². The average Bonchev–Trinajstić information content (AvgIpc) is 2.83. The molecule has 2 rings (SSSR count). The minimum absolute atomic E-state index is 0.230. The van der Waals surface area contributed by atoms with Gasteiger partial charge in [0.15, 0.2) is 0 Å². The van der Waals surface area contributed by atoms with Gasteiger partial charge in [-0.25, -0.2) is 9.97 Å². The van der Waals surface area contributed by atoms with Crippen LogP contribution in [0, 0.1) is 13.8 Å². The molecule has 5 nitrogen and oxygen atoms in total. The van der Waals surface area contributed by atoms with Gasteiger partial charge in [0.25, 0.3) is 0 Å². The van der Waals surface area contributed by atoms with Crippen molar-refractivity contribution in [2.75, 3.05) is 11.9 Å². The van der Waals surface area contributed by atoms with Gasteiger partial charge in [-0.05, 0) is 45.7 Å². The van der Waals surface area contributed by atoms with Gasteiger partial charge in [0.2, 0.25) is 0 Å². The third kappa shape index (κ3) is 4.08. The van der Waals surface area contributed by atoms with E-state index in [0.29, 0.717) is 25.8 Å². The number of aryl methyl sites for hydroxylation is 2. The predicted molar refractivity (Wildman–Crippen MR) is 107 cm³/mol. The van der Waals surface area contributed by atoms with Crippen molar-refractivity contribution in [1.29, 1.82) is 0 Å². The maximum atomic E-state index is 11.0. The van der Waals surface area contributed by atoms with Crippen LogP contribution in [0.15, 0.2) is 25.3 Å². The minimum Gasteiger partial charge on any atom is -0.387 e. The van der Waals surface area contributed by atoms with E-state index in [2.05, 4.69) is 42.3 Å². The largest absolute Gasteiger partial charge is 0.387 e. The molecule has 0 aliphatic rings. The molecule has 25 heavy (non-hydrogen) atoms. The summed E-state index contributed by atoms with van der Waals surface area (Å²) in [7, 11) is 0. The molecule has 0 aromatic carbocycles. The zero-order chi connectivity index (χ0) is 18.6. The van der Waals surface area contributed by atoms with Gasteiger partial charge in [-0.15, -0.1) is 24.5 Å². The molecule has 2 aromatic rings. The molecule has 6 heteroatoms. The Morgan fingerprint density at radius 3 is 2.48 bits per heavy atom. The first-order valence-electron chi connectivity index (χ1n) is 8.53. The summed E-state index contributed by atoms with van der Waals surface area (Å²) in [4.78, 5) is 11.5. The van der Waals surface area contributed by atoms with Gasteiger partial charge >= 0.3 is 0 Å². The van der Waals surface area contributed by atoms with Crippen LogP contribution in [0.2, 0.25) is 0 Å². The normalized spacial score (nSPS) is 13.0. The van der Waals surface area contributed by atoms with Crippen molar-refractivity contribution >= 4 is 27.4 Å². The molecule has 0 amide bonds. The summed E-state index contributed by atoms with van der Waals surface area (Å²) in [6.07, 6.45) is 5.03. The quantitative estimate of drug-likeness (QED) is 0.596. The summed E-state index contributed by atoms with van der Waals surface area (Å²) in [6.45, 7) is 14.1. The van der Waals surface area contributed by atoms with Crippen LogP contribution in [0.5, 0.6) is 0 Å². The molecule has 0 radical (unpaired) electrons. The molecular formula is C19H28N4OS. The Balaban J connectivity index is 2.47. The first-order chi connectivity index (χ1) is 11.9. The van der Waals surface area contributed by atoms with Gasteiger partial charge in [-0.3, -0.25) is 0 Å². The van der Waals surface area contributed by atoms with E-state index in [-0.39, 0.29) is 6.04 Å². The number of hydrogen-bond acceptors (Lipinski definition) is 6. The van der Waals surface area contributed by atoms with Crippen LogP contribution in [0.4, 0.5) is 5.82 Å². The predicted octanol–water partition coefficient (Wildman–Crippen LogP) is 3.49. The van der Waals surface area contributed by atoms with Gasteiger partial charge in [0.05, 0.1) is 17.0 Å². The lowest BCUT2D eigenvalue weighted by Gasteiger charge is -2.33. The highest BCUT2D eigenvalue weighted by Gasteiger charge is 2.32. The fourth-order valence-electron chi connectivity index (χ4n) is 2.92. The zero-order valence-corrected chi connectivity index (χ0v) is 16.1. The third-order valence-corrected chi connectivity index (χ3v) is 5.70. The summed E-state index contributed by atoms with van der Waals surface area (Å²) in [5, 5.41) is 15.4. The van der Waals surface area contributed by atoms with Crippen LogP contribution < -0.4 is 11.1 Å². The second-order valence-corrected chi connectivity index (χ2v) is 7.65. The monoisotopic (exact) mass is 360 g/mol. The van der Waals surface area contributed by atoms with Gasteiger partial charge in [0.1, 0.15) is 16.5 Å². The van der Waals surface area contributed by atoms with E-state index in [1.165, 1.54) is 10.4 Å². The lowest BCUT2D eigenvalue weighted by molar-refractivity contribution is 0.0316. The van der Waals surface area contributed by atoms with Crippen molar-refractivity contribution in [3.8, 4) is 0 Å². The summed E-state index contributed by atoms with van der Waals surface area (Å²) in [5.74, 6) is 1.48. The SMILES string of the molecule is C=CCC(O)(CC=C)C(C)Nc1nc(CCN)nc2sc(C)c(C)c12. The molecule has 4 N–H and O–H groups in total. The maximum absolute atomic E-state index is 11.0. The van der Waals surface area contributed by atoms with Crippen molar-refractivity contribution in [3.05, 3.63) is 41.6 Å². The van der Waals surface area contributed by atoms with Gasteiger partial charge in [0, 0.05) is 11.3 Å². The molecule has 1 atom stereocenters. The smallest absolute Gasteiger partial charge is 0.139 e. The first-order valence-corrected chi connectivity index (χ1v) is 9.35. The molecular weight excluding hydrogens is 332 g/mol. The average molecular weight is 361 g/mol. The fourth-order valence-corrected chi connectivity index (χ4v) is 3.96.